The van der Waals surface area contributed by atoms with Gasteiger partial charge in [0.25, 0.3) is 5.91 Å². The number of carbonyl (C=O) groups excluding carboxylic acids is 4. The van der Waals surface area contributed by atoms with Crippen molar-refractivity contribution in [2.24, 2.45) is 0 Å². The zero-order valence-corrected chi connectivity index (χ0v) is 14.4. The lowest BCUT2D eigenvalue weighted by atomic mass is 10.1. The molecule has 0 saturated carbocycles. The van der Waals surface area contributed by atoms with Gasteiger partial charge in [-0.15, -0.1) is 0 Å². The summed E-state index contributed by atoms with van der Waals surface area (Å²) in [5.41, 5.74) is 0.914. The quantitative estimate of drug-likeness (QED) is 0.567. The molecule has 0 spiro atoms. The molecule has 3 rings (SSSR count). The molecule has 1 saturated heterocycles. The van der Waals surface area contributed by atoms with Crippen molar-refractivity contribution in [2.45, 2.75) is 13.5 Å². The van der Waals surface area contributed by atoms with Crippen LogP contribution in [0.3, 0.4) is 0 Å². The highest BCUT2D eigenvalue weighted by atomic mass is 16.5. The van der Waals surface area contributed by atoms with Crippen LogP contribution in [-0.4, -0.2) is 47.0 Å². The Hall–Kier alpha value is -3.69. The molecule has 1 aliphatic rings. The van der Waals surface area contributed by atoms with Crippen molar-refractivity contribution in [1.29, 1.82) is 0 Å². The van der Waals surface area contributed by atoms with E-state index in [-0.39, 0.29) is 30.4 Å². The smallest absolute Gasteiger partial charge is 0.338 e. The van der Waals surface area contributed by atoms with E-state index in [0.717, 1.165) is 4.90 Å². The summed E-state index contributed by atoms with van der Waals surface area (Å²) >= 11 is 0. The number of ether oxygens (including phenoxy) is 1. The van der Waals surface area contributed by atoms with Crippen LogP contribution in [0.1, 0.15) is 21.7 Å². The van der Waals surface area contributed by atoms with Gasteiger partial charge >= 0.3 is 12.0 Å². The van der Waals surface area contributed by atoms with Crippen molar-refractivity contribution in [3.8, 4) is 0 Å². The standard InChI is InChI=1S/C17H16N4O6/c1-10-6-13(20-27-10)19-14(22)9-26-16(24)12-4-2-11(3-5-12)8-21-15(23)7-18-17(21)25/h2-6H,7-9H2,1H3,(H,18,25)(H,19,20,22). The topological polar surface area (TPSA) is 131 Å². The number of carbonyl (C=O) groups is 4. The van der Waals surface area contributed by atoms with Crippen LogP contribution < -0.4 is 10.6 Å². The molecule has 2 heterocycles. The summed E-state index contributed by atoms with van der Waals surface area (Å²) in [6, 6.07) is 7.28. The number of amides is 4. The lowest BCUT2D eigenvalue weighted by Gasteiger charge is -2.12. The number of rotatable bonds is 6. The van der Waals surface area contributed by atoms with Gasteiger partial charge in [0.2, 0.25) is 5.91 Å². The highest BCUT2D eigenvalue weighted by molar-refractivity contribution is 6.01. The Kier molecular flexibility index (Phi) is 5.15. The van der Waals surface area contributed by atoms with Gasteiger partial charge in [-0.1, -0.05) is 17.3 Å². The molecule has 1 aliphatic heterocycles. The van der Waals surface area contributed by atoms with E-state index >= 15 is 0 Å². The van der Waals surface area contributed by atoms with Gasteiger partial charge in [0.1, 0.15) is 5.76 Å². The molecule has 1 aromatic heterocycles. The van der Waals surface area contributed by atoms with Crippen LogP contribution in [0.5, 0.6) is 0 Å². The SMILES string of the molecule is Cc1cc(NC(=O)COC(=O)c2ccc(CN3C(=O)CNC3=O)cc2)no1. The number of benzene rings is 1. The maximum absolute atomic E-state index is 12.0. The molecule has 0 radical (unpaired) electrons. The fraction of sp³-hybridized carbons (Fsp3) is 0.235. The zero-order chi connectivity index (χ0) is 19.4. The summed E-state index contributed by atoms with van der Waals surface area (Å²) in [5.74, 6) is -0.763. The molecule has 4 amide bonds. The molecule has 2 aromatic rings. The van der Waals surface area contributed by atoms with Crippen molar-refractivity contribution in [3.05, 3.63) is 47.2 Å². The normalized spacial score (nSPS) is 13.4. The van der Waals surface area contributed by atoms with Crippen molar-refractivity contribution in [2.75, 3.05) is 18.5 Å². The Bertz CT molecular complexity index is 873. The van der Waals surface area contributed by atoms with E-state index in [0.29, 0.717) is 11.3 Å². The molecule has 0 atom stereocenters. The highest BCUT2D eigenvalue weighted by Gasteiger charge is 2.28. The molecular weight excluding hydrogens is 356 g/mol. The molecule has 140 valence electrons. The maximum atomic E-state index is 12.0. The van der Waals surface area contributed by atoms with Crippen molar-refractivity contribution in [1.82, 2.24) is 15.4 Å². The van der Waals surface area contributed by atoms with E-state index in [1.165, 1.54) is 18.2 Å². The number of aryl methyl sites for hydroxylation is 1. The summed E-state index contributed by atoms with van der Waals surface area (Å²) in [4.78, 5) is 47.9. The van der Waals surface area contributed by atoms with E-state index in [2.05, 4.69) is 15.8 Å². The summed E-state index contributed by atoms with van der Waals surface area (Å²) in [6.07, 6.45) is 0. The number of esters is 1. The fourth-order valence-electron chi connectivity index (χ4n) is 2.36. The van der Waals surface area contributed by atoms with Gasteiger partial charge in [0.15, 0.2) is 12.4 Å². The zero-order valence-electron chi connectivity index (χ0n) is 14.4. The van der Waals surface area contributed by atoms with Gasteiger partial charge in [-0.3, -0.25) is 14.5 Å². The molecule has 1 aromatic carbocycles. The van der Waals surface area contributed by atoms with E-state index < -0.39 is 24.5 Å². The number of nitrogens with one attached hydrogen (secondary N) is 2. The molecule has 27 heavy (non-hydrogen) atoms. The van der Waals surface area contributed by atoms with E-state index in [1.807, 2.05) is 0 Å². The maximum Gasteiger partial charge on any atom is 0.338 e. The average Bonchev–Trinajstić information content (AvgIpc) is 3.20. The van der Waals surface area contributed by atoms with Crippen LogP contribution in [0, 0.1) is 6.92 Å². The number of nitrogens with zero attached hydrogens (tertiary/aromatic N) is 2. The second-order valence-electron chi connectivity index (χ2n) is 5.78. The van der Waals surface area contributed by atoms with Crippen molar-refractivity contribution < 1.29 is 28.4 Å². The molecule has 1 fully saturated rings. The first-order valence-electron chi connectivity index (χ1n) is 8.00. The first kappa shape index (κ1) is 18.1. The number of urea groups is 1. The Morgan fingerprint density at radius 2 is 2.04 bits per heavy atom. The van der Waals surface area contributed by atoms with Crippen molar-refractivity contribution >= 4 is 29.6 Å². The molecule has 0 bridgehead atoms. The molecule has 0 aliphatic carbocycles. The van der Waals surface area contributed by atoms with Crippen LogP contribution in [-0.2, 0) is 20.9 Å². The van der Waals surface area contributed by atoms with Gasteiger partial charge in [0, 0.05) is 6.07 Å². The lowest BCUT2D eigenvalue weighted by Crippen LogP contribution is -2.30. The number of hydrogen-bond acceptors (Lipinski definition) is 7. The van der Waals surface area contributed by atoms with E-state index in [9.17, 15) is 19.2 Å². The minimum absolute atomic E-state index is 0.0147. The second kappa shape index (κ2) is 7.68. The van der Waals surface area contributed by atoms with Gasteiger partial charge in [-0.05, 0) is 24.6 Å². The van der Waals surface area contributed by atoms with Crippen LogP contribution in [0.2, 0.25) is 0 Å². The Morgan fingerprint density at radius 3 is 2.63 bits per heavy atom. The Morgan fingerprint density at radius 1 is 1.30 bits per heavy atom. The van der Waals surface area contributed by atoms with Crippen LogP contribution >= 0.6 is 0 Å². The van der Waals surface area contributed by atoms with E-state index in [4.69, 9.17) is 9.26 Å². The van der Waals surface area contributed by atoms with Crippen LogP contribution in [0.15, 0.2) is 34.9 Å². The van der Waals surface area contributed by atoms with Gasteiger partial charge in [-0.2, -0.15) is 0 Å². The molecule has 10 heteroatoms. The first-order valence-corrected chi connectivity index (χ1v) is 8.00. The Labute approximate surface area is 153 Å². The van der Waals surface area contributed by atoms with E-state index in [1.54, 1.807) is 19.1 Å². The highest BCUT2D eigenvalue weighted by Crippen LogP contribution is 2.11. The third-order valence-corrected chi connectivity index (χ3v) is 3.70. The van der Waals surface area contributed by atoms with Gasteiger partial charge < -0.3 is 19.9 Å². The monoisotopic (exact) mass is 372 g/mol. The number of anilines is 1. The van der Waals surface area contributed by atoms with Gasteiger partial charge in [-0.25, -0.2) is 9.59 Å². The summed E-state index contributed by atoms with van der Waals surface area (Å²) in [5, 5.41) is 8.46. The molecule has 0 unspecified atom stereocenters. The second-order valence-corrected chi connectivity index (χ2v) is 5.78. The lowest BCUT2D eigenvalue weighted by molar-refractivity contribution is -0.125. The third kappa shape index (κ3) is 4.48. The van der Waals surface area contributed by atoms with Crippen LogP contribution in [0.4, 0.5) is 10.6 Å². The minimum atomic E-state index is -0.678. The predicted molar refractivity (Wildman–Crippen MR) is 90.5 cm³/mol. The van der Waals surface area contributed by atoms with Gasteiger partial charge in [0.05, 0.1) is 18.7 Å². The van der Waals surface area contributed by atoms with Crippen LogP contribution in [0.25, 0.3) is 0 Å². The molecule has 10 nitrogen and oxygen atoms in total. The summed E-state index contributed by atoms with van der Waals surface area (Å²) < 4.78 is 9.75. The van der Waals surface area contributed by atoms with Crippen molar-refractivity contribution in [3.63, 3.8) is 0 Å². The first-order chi connectivity index (χ1) is 12.9. The average molecular weight is 372 g/mol. The molecule has 2 N–H and O–H groups in total. The number of imide groups is 1. The number of aromatic nitrogens is 1. The number of hydrogen-bond donors (Lipinski definition) is 2. The predicted octanol–water partition coefficient (Wildman–Crippen LogP) is 0.830. The third-order valence-electron chi connectivity index (χ3n) is 3.70. The molecular formula is C17H16N4O6. The minimum Gasteiger partial charge on any atom is -0.452 e. The fourth-order valence-corrected chi connectivity index (χ4v) is 2.36. The summed E-state index contributed by atoms with van der Waals surface area (Å²) in [7, 11) is 0. The Balaban J connectivity index is 1.50. The largest absolute Gasteiger partial charge is 0.452 e. The summed E-state index contributed by atoms with van der Waals surface area (Å²) in [6.45, 7) is 1.30.